The van der Waals surface area contributed by atoms with Gasteiger partial charge in [-0.15, -0.1) is 0 Å². The molecular weight excluding hydrogens is 489 g/mol. The van der Waals surface area contributed by atoms with Gasteiger partial charge in [0.05, 0.1) is 28.3 Å². The SMILES string of the molecule is COc1ccc(Cl)cc1N(CC(=O)Nc1ccccc1F)S(=O)(=O)c1ccc(C)c([N+](=O)[O-])c1. The number of nitrogens with one attached hydrogen (secondary N) is 1. The molecule has 0 radical (unpaired) electrons. The van der Waals surface area contributed by atoms with Crippen LogP contribution in [0.3, 0.4) is 0 Å². The molecule has 0 unspecified atom stereocenters. The van der Waals surface area contributed by atoms with E-state index >= 15 is 0 Å². The smallest absolute Gasteiger partial charge is 0.273 e. The van der Waals surface area contributed by atoms with E-state index in [-0.39, 0.29) is 27.7 Å². The lowest BCUT2D eigenvalue weighted by Crippen LogP contribution is -2.38. The minimum atomic E-state index is -4.54. The molecule has 0 heterocycles. The summed E-state index contributed by atoms with van der Waals surface area (Å²) in [5.41, 5.74) is -0.376. The number of nitro groups is 1. The van der Waals surface area contributed by atoms with Gasteiger partial charge in [-0.1, -0.05) is 29.8 Å². The quantitative estimate of drug-likeness (QED) is 0.353. The zero-order valence-corrected chi connectivity index (χ0v) is 19.6. The maximum Gasteiger partial charge on any atom is 0.273 e. The molecule has 0 bridgehead atoms. The average Bonchev–Trinajstić information content (AvgIpc) is 2.79. The summed E-state index contributed by atoms with van der Waals surface area (Å²) < 4.78 is 47.1. The van der Waals surface area contributed by atoms with Crippen LogP contribution in [-0.2, 0) is 14.8 Å². The Hall–Kier alpha value is -3.70. The normalized spacial score (nSPS) is 11.1. The molecule has 1 amide bonds. The molecule has 9 nitrogen and oxygen atoms in total. The van der Waals surface area contributed by atoms with Gasteiger partial charge in [-0.2, -0.15) is 0 Å². The lowest BCUT2D eigenvalue weighted by molar-refractivity contribution is -0.385. The number of methoxy groups -OCH3 is 1. The second-order valence-corrected chi connectivity index (χ2v) is 9.36. The Morgan fingerprint density at radius 2 is 1.88 bits per heavy atom. The van der Waals surface area contributed by atoms with Crippen molar-refractivity contribution >= 4 is 44.6 Å². The molecule has 12 heteroatoms. The van der Waals surface area contributed by atoms with Crippen molar-refractivity contribution in [3.05, 3.63) is 87.2 Å². The molecule has 0 saturated carbocycles. The predicted octanol–water partition coefficient (Wildman–Crippen LogP) is 4.54. The number of halogens is 2. The Morgan fingerprint density at radius 3 is 2.53 bits per heavy atom. The number of nitrogens with zero attached hydrogens (tertiary/aromatic N) is 2. The second kappa shape index (κ2) is 10.1. The molecule has 3 rings (SSSR count). The van der Waals surface area contributed by atoms with Crippen molar-refractivity contribution in [2.45, 2.75) is 11.8 Å². The number of amides is 1. The van der Waals surface area contributed by atoms with Crippen LogP contribution in [0.25, 0.3) is 0 Å². The van der Waals surface area contributed by atoms with Crippen LogP contribution in [0.2, 0.25) is 5.02 Å². The van der Waals surface area contributed by atoms with Crippen LogP contribution < -0.4 is 14.4 Å². The fourth-order valence-corrected chi connectivity index (χ4v) is 4.72. The van der Waals surface area contributed by atoms with E-state index in [2.05, 4.69) is 5.32 Å². The Morgan fingerprint density at radius 1 is 1.18 bits per heavy atom. The van der Waals surface area contributed by atoms with Crippen LogP contribution in [0, 0.1) is 22.9 Å². The molecule has 1 N–H and O–H groups in total. The Kier molecular flexibility index (Phi) is 7.38. The van der Waals surface area contributed by atoms with Crippen molar-refractivity contribution in [2.75, 3.05) is 23.3 Å². The molecule has 0 fully saturated rings. The summed E-state index contributed by atoms with van der Waals surface area (Å²) >= 11 is 6.07. The first-order valence-electron chi connectivity index (χ1n) is 9.70. The second-order valence-electron chi connectivity index (χ2n) is 7.06. The van der Waals surface area contributed by atoms with E-state index in [1.165, 1.54) is 62.6 Å². The number of ether oxygens (including phenoxy) is 1. The number of anilines is 2. The van der Waals surface area contributed by atoms with Crippen LogP contribution in [0.4, 0.5) is 21.5 Å². The van der Waals surface area contributed by atoms with Gasteiger partial charge in [-0.05, 0) is 43.3 Å². The Bertz CT molecular complexity index is 1370. The topological polar surface area (TPSA) is 119 Å². The molecule has 0 aliphatic heterocycles. The van der Waals surface area contributed by atoms with Gasteiger partial charge in [0.2, 0.25) is 5.91 Å². The molecule has 3 aromatic rings. The van der Waals surface area contributed by atoms with Gasteiger partial charge in [-0.25, -0.2) is 12.8 Å². The van der Waals surface area contributed by atoms with Crippen LogP contribution in [0.1, 0.15) is 5.56 Å². The predicted molar refractivity (Wildman–Crippen MR) is 125 cm³/mol. The third-order valence-electron chi connectivity index (χ3n) is 4.81. The molecule has 0 saturated heterocycles. The van der Waals surface area contributed by atoms with E-state index in [9.17, 15) is 27.7 Å². The van der Waals surface area contributed by atoms with E-state index in [4.69, 9.17) is 16.3 Å². The molecular formula is C22H19ClFN3O6S. The number of para-hydroxylation sites is 1. The van der Waals surface area contributed by atoms with Gasteiger partial charge in [0, 0.05) is 16.7 Å². The van der Waals surface area contributed by atoms with Crippen molar-refractivity contribution < 1.29 is 27.3 Å². The highest BCUT2D eigenvalue weighted by Gasteiger charge is 2.31. The van der Waals surface area contributed by atoms with E-state index in [1.54, 1.807) is 0 Å². The zero-order chi connectivity index (χ0) is 25.0. The van der Waals surface area contributed by atoms with Crippen molar-refractivity contribution in [1.82, 2.24) is 0 Å². The van der Waals surface area contributed by atoms with Gasteiger partial charge in [0.25, 0.3) is 15.7 Å². The first kappa shape index (κ1) is 24.9. The zero-order valence-electron chi connectivity index (χ0n) is 18.0. The molecule has 0 spiro atoms. The number of nitro benzene ring substituents is 1. The molecule has 0 aliphatic rings. The minimum absolute atomic E-state index is 0.0771. The lowest BCUT2D eigenvalue weighted by atomic mass is 10.2. The third kappa shape index (κ3) is 5.26. The number of benzene rings is 3. The Balaban J connectivity index is 2.11. The number of sulfonamides is 1. The van der Waals surface area contributed by atoms with Gasteiger partial charge in [0.1, 0.15) is 18.1 Å². The van der Waals surface area contributed by atoms with Crippen LogP contribution in [0.5, 0.6) is 5.75 Å². The number of carbonyl (C=O) groups excluding carboxylic acids is 1. The number of aryl methyl sites for hydroxylation is 1. The summed E-state index contributed by atoms with van der Waals surface area (Å²) in [4.78, 5) is 23.0. The minimum Gasteiger partial charge on any atom is -0.495 e. The van der Waals surface area contributed by atoms with E-state index in [0.29, 0.717) is 4.31 Å². The first-order valence-corrected chi connectivity index (χ1v) is 11.5. The van der Waals surface area contributed by atoms with E-state index < -0.39 is 43.8 Å². The highest BCUT2D eigenvalue weighted by molar-refractivity contribution is 7.92. The summed E-state index contributed by atoms with van der Waals surface area (Å²) in [5.74, 6) is -1.50. The molecule has 34 heavy (non-hydrogen) atoms. The summed E-state index contributed by atoms with van der Waals surface area (Å²) in [7, 11) is -3.24. The maximum absolute atomic E-state index is 14.0. The van der Waals surface area contributed by atoms with Crippen LogP contribution in [-0.4, -0.2) is 32.9 Å². The van der Waals surface area contributed by atoms with Crippen molar-refractivity contribution in [3.63, 3.8) is 0 Å². The van der Waals surface area contributed by atoms with Crippen LogP contribution in [0.15, 0.2) is 65.6 Å². The fraction of sp³-hybridized carbons (Fsp3) is 0.136. The number of hydrogen-bond donors (Lipinski definition) is 1. The van der Waals surface area contributed by atoms with E-state index in [1.807, 2.05) is 0 Å². The summed E-state index contributed by atoms with van der Waals surface area (Å²) in [6, 6.07) is 12.9. The summed E-state index contributed by atoms with van der Waals surface area (Å²) in [6.45, 7) is 0.670. The van der Waals surface area contributed by atoms with E-state index in [0.717, 1.165) is 12.1 Å². The third-order valence-corrected chi connectivity index (χ3v) is 6.80. The summed E-state index contributed by atoms with van der Waals surface area (Å²) in [5, 5.41) is 13.8. The molecule has 0 aromatic heterocycles. The highest BCUT2D eigenvalue weighted by atomic mass is 35.5. The first-order chi connectivity index (χ1) is 16.0. The molecule has 178 valence electrons. The van der Waals surface area contributed by atoms with Crippen molar-refractivity contribution in [2.24, 2.45) is 0 Å². The lowest BCUT2D eigenvalue weighted by Gasteiger charge is -2.26. The van der Waals surface area contributed by atoms with Gasteiger partial charge in [0.15, 0.2) is 0 Å². The molecule has 3 aromatic carbocycles. The Labute approximate surface area is 199 Å². The van der Waals surface area contributed by atoms with Crippen molar-refractivity contribution in [1.29, 1.82) is 0 Å². The van der Waals surface area contributed by atoms with Crippen molar-refractivity contribution in [3.8, 4) is 5.75 Å². The standard InChI is InChI=1S/C22H19ClFN3O6S/c1-14-7-9-16(12-19(14)27(29)30)34(31,32)26(20-11-15(23)8-10-21(20)33-2)13-22(28)25-18-6-4-3-5-17(18)24/h3-12H,13H2,1-2H3,(H,25,28). The maximum atomic E-state index is 14.0. The fourth-order valence-electron chi connectivity index (χ4n) is 3.11. The number of hydrogen-bond acceptors (Lipinski definition) is 6. The summed E-state index contributed by atoms with van der Waals surface area (Å²) in [6.07, 6.45) is 0. The monoisotopic (exact) mass is 507 g/mol. The average molecular weight is 508 g/mol. The van der Waals surface area contributed by atoms with Crippen LogP contribution >= 0.6 is 11.6 Å². The number of rotatable bonds is 8. The van der Waals surface area contributed by atoms with Gasteiger partial charge >= 0.3 is 0 Å². The molecule has 0 aliphatic carbocycles. The molecule has 0 atom stereocenters. The number of carbonyl (C=O) groups is 1. The van der Waals surface area contributed by atoms with Gasteiger partial charge < -0.3 is 10.1 Å². The van der Waals surface area contributed by atoms with Gasteiger partial charge in [-0.3, -0.25) is 19.2 Å². The highest BCUT2D eigenvalue weighted by Crippen LogP contribution is 2.35. The largest absolute Gasteiger partial charge is 0.495 e.